The Bertz CT molecular complexity index is 552. The molecule has 0 atom stereocenters. The Morgan fingerprint density at radius 1 is 1.32 bits per heavy atom. The average molecular weight is 290 g/mol. The molecule has 1 amide bonds. The van der Waals surface area contributed by atoms with Crippen molar-refractivity contribution in [2.75, 3.05) is 6.54 Å². The molecule has 0 aromatic heterocycles. The predicted octanol–water partition coefficient (Wildman–Crippen LogP) is 3.72. The maximum Gasteiger partial charge on any atom is 0.417 e. The maximum atomic E-state index is 13.0. The van der Waals surface area contributed by atoms with E-state index in [-0.39, 0.29) is 17.1 Å². The van der Waals surface area contributed by atoms with Crippen molar-refractivity contribution in [2.45, 2.75) is 25.6 Å². The monoisotopic (exact) mass is 289 g/mol. The van der Waals surface area contributed by atoms with Gasteiger partial charge in [0, 0.05) is 18.1 Å². The van der Waals surface area contributed by atoms with Crippen LogP contribution in [-0.2, 0) is 12.7 Å². The van der Waals surface area contributed by atoms with Crippen molar-refractivity contribution < 1.29 is 18.0 Å². The molecule has 1 aromatic carbocycles. The molecule has 102 valence electrons. The molecule has 19 heavy (non-hydrogen) atoms. The second kappa shape index (κ2) is 4.13. The van der Waals surface area contributed by atoms with E-state index in [0.29, 0.717) is 18.0 Å². The average Bonchev–Trinajstić information content (AvgIpc) is 3.04. The quantitative estimate of drug-likeness (QED) is 0.812. The molecule has 1 aliphatic carbocycles. The first kappa shape index (κ1) is 12.8. The molecule has 3 rings (SSSR count). The number of rotatable bonds is 2. The van der Waals surface area contributed by atoms with Crippen LogP contribution in [0.1, 0.15) is 34.3 Å². The Morgan fingerprint density at radius 2 is 2.00 bits per heavy atom. The predicted molar refractivity (Wildman–Crippen MR) is 63.9 cm³/mol. The van der Waals surface area contributed by atoms with Crippen LogP contribution in [0.4, 0.5) is 13.2 Å². The molecule has 0 spiro atoms. The van der Waals surface area contributed by atoms with Gasteiger partial charge in [0.15, 0.2) is 0 Å². The molecule has 1 aliphatic heterocycles. The van der Waals surface area contributed by atoms with E-state index in [1.807, 2.05) is 0 Å². The molecule has 1 saturated carbocycles. The molecule has 1 aromatic rings. The molecule has 0 unspecified atom stereocenters. The maximum absolute atomic E-state index is 13.0. The lowest BCUT2D eigenvalue weighted by Gasteiger charge is -2.15. The van der Waals surface area contributed by atoms with E-state index in [1.54, 1.807) is 0 Å². The minimum Gasteiger partial charge on any atom is -0.334 e. The summed E-state index contributed by atoms with van der Waals surface area (Å²) < 4.78 is 38.9. The van der Waals surface area contributed by atoms with Crippen LogP contribution in [0.5, 0.6) is 0 Å². The lowest BCUT2D eigenvalue weighted by molar-refractivity contribution is -0.137. The first-order chi connectivity index (χ1) is 8.86. The van der Waals surface area contributed by atoms with Crippen molar-refractivity contribution in [3.8, 4) is 0 Å². The number of nitrogens with zero attached hydrogens (tertiary/aromatic N) is 1. The van der Waals surface area contributed by atoms with Gasteiger partial charge in [-0.1, -0.05) is 11.6 Å². The SMILES string of the molecule is O=C1c2c(cc(Cl)cc2C(F)(F)F)CN1CC1CC1. The minimum atomic E-state index is -4.56. The third kappa shape index (κ3) is 2.31. The number of carbonyl (C=O) groups is 1. The van der Waals surface area contributed by atoms with Gasteiger partial charge in [-0.2, -0.15) is 13.2 Å². The molecule has 0 radical (unpaired) electrons. The number of benzene rings is 1. The standard InChI is InChI=1S/C13H11ClF3NO/c14-9-3-8-6-18(5-7-1-2-7)12(19)11(8)10(4-9)13(15,16)17/h3-4,7H,1-2,5-6H2. The van der Waals surface area contributed by atoms with Crippen LogP contribution in [-0.4, -0.2) is 17.4 Å². The fraction of sp³-hybridized carbons (Fsp3) is 0.462. The lowest BCUT2D eigenvalue weighted by Crippen LogP contribution is -2.27. The highest BCUT2D eigenvalue weighted by Gasteiger charge is 2.42. The van der Waals surface area contributed by atoms with Crippen LogP contribution in [0.25, 0.3) is 0 Å². The van der Waals surface area contributed by atoms with Gasteiger partial charge in [0.2, 0.25) is 0 Å². The van der Waals surface area contributed by atoms with Crippen LogP contribution in [0.15, 0.2) is 12.1 Å². The summed E-state index contributed by atoms with van der Waals surface area (Å²) in [6, 6.07) is 2.29. The summed E-state index contributed by atoms with van der Waals surface area (Å²) in [6.45, 7) is 0.775. The molecule has 6 heteroatoms. The largest absolute Gasteiger partial charge is 0.417 e. The molecule has 1 fully saturated rings. The molecule has 0 bridgehead atoms. The van der Waals surface area contributed by atoms with Crippen molar-refractivity contribution in [1.29, 1.82) is 0 Å². The Morgan fingerprint density at radius 3 is 2.58 bits per heavy atom. The van der Waals surface area contributed by atoms with Crippen molar-refractivity contribution in [1.82, 2.24) is 4.90 Å². The van der Waals surface area contributed by atoms with Gasteiger partial charge < -0.3 is 4.90 Å². The second-order valence-electron chi connectivity index (χ2n) is 5.11. The van der Waals surface area contributed by atoms with Crippen LogP contribution in [0.2, 0.25) is 5.02 Å². The fourth-order valence-corrected chi connectivity index (χ4v) is 2.70. The zero-order valence-electron chi connectivity index (χ0n) is 9.93. The number of carbonyl (C=O) groups excluding carboxylic acids is 1. The van der Waals surface area contributed by atoms with Gasteiger partial charge in [-0.05, 0) is 36.5 Å². The summed E-state index contributed by atoms with van der Waals surface area (Å²) in [5.41, 5.74) is -0.763. The van der Waals surface area contributed by atoms with Gasteiger partial charge in [-0.3, -0.25) is 4.79 Å². The van der Waals surface area contributed by atoms with Gasteiger partial charge in [-0.25, -0.2) is 0 Å². The number of halogens is 4. The van der Waals surface area contributed by atoms with Crippen LogP contribution >= 0.6 is 11.6 Å². The van der Waals surface area contributed by atoms with Gasteiger partial charge in [0.1, 0.15) is 0 Å². The number of amides is 1. The molecule has 2 nitrogen and oxygen atoms in total. The molecule has 2 aliphatic rings. The zero-order chi connectivity index (χ0) is 13.8. The summed E-state index contributed by atoms with van der Waals surface area (Å²) in [6.07, 6.45) is -2.46. The third-order valence-electron chi connectivity index (χ3n) is 3.53. The minimum absolute atomic E-state index is 0.0205. The smallest absolute Gasteiger partial charge is 0.334 e. The number of fused-ring (bicyclic) bond motifs is 1. The summed E-state index contributed by atoms with van der Waals surface area (Å²) in [4.78, 5) is 13.6. The number of alkyl halides is 3. The molecular formula is C13H11ClF3NO. The van der Waals surface area contributed by atoms with Crippen LogP contribution in [0, 0.1) is 5.92 Å². The van der Waals surface area contributed by atoms with E-state index in [0.717, 1.165) is 18.9 Å². The van der Waals surface area contributed by atoms with Crippen molar-refractivity contribution >= 4 is 17.5 Å². The van der Waals surface area contributed by atoms with Gasteiger partial charge in [0.05, 0.1) is 11.1 Å². The van der Waals surface area contributed by atoms with Crippen molar-refractivity contribution in [3.05, 3.63) is 33.8 Å². The van der Waals surface area contributed by atoms with Crippen LogP contribution in [0.3, 0.4) is 0 Å². The Kier molecular flexibility index (Phi) is 2.78. The summed E-state index contributed by atoms with van der Waals surface area (Å²) in [7, 11) is 0. The molecule has 1 heterocycles. The molecular weight excluding hydrogens is 279 g/mol. The first-order valence-electron chi connectivity index (χ1n) is 6.05. The normalized spacial score (nSPS) is 18.9. The van der Waals surface area contributed by atoms with Gasteiger partial charge in [-0.15, -0.1) is 0 Å². The third-order valence-corrected chi connectivity index (χ3v) is 3.75. The number of hydrogen-bond donors (Lipinski definition) is 0. The van der Waals surface area contributed by atoms with Crippen molar-refractivity contribution in [2.24, 2.45) is 5.92 Å². The Hall–Kier alpha value is -1.23. The van der Waals surface area contributed by atoms with E-state index < -0.39 is 17.6 Å². The van der Waals surface area contributed by atoms with Gasteiger partial charge in [0.25, 0.3) is 5.91 Å². The molecule has 0 N–H and O–H groups in total. The van der Waals surface area contributed by atoms with Gasteiger partial charge >= 0.3 is 6.18 Å². The second-order valence-corrected chi connectivity index (χ2v) is 5.55. The van der Waals surface area contributed by atoms with E-state index in [9.17, 15) is 18.0 Å². The highest BCUT2D eigenvalue weighted by molar-refractivity contribution is 6.31. The lowest BCUT2D eigenvalue weighted by atomic mass is 10.0. The van der Waals surface area contributed by atoms with Crippen molar-refractivity contribution in [3.63, 3.8) is 0 Å². The first-order valence-corrected chi connectivity index (χ1v) is 6.43. The van der Waals surface area contributed by atoms with E-state index in [2.05, 4.69) is 0 Å². The number of hydrogen-bond acceptors (Lipinski definition) is 1. The highest BCUT2D eigenvalue weighted by Crippen LogP contribution is 2.40. The topological polar surface area (TPSA) is 20.3 Å². The van der Waals surface area contributed by atoms with E-state index in [1.165, 1.54) is 11.0 Å². The zero-order valence-corrected chi connectivity index (χ0v) is 10.7. The van der Waals surface area contributed by atoms with Crippen LogP contribution < -0.4 is 0 Å². The van der Waals surface area contributed by atoms with E-state index >= 15 is 0 Å². The summed E-state index contributed by atoms with van der Waals surface area (Å²) in [5.74, 6) is -0.0750. The Balaban J connectivity index is 2.01. The highest BCUT2D eigenvalue weighted by atomic mass is 35.5. The fourth-order valence-electron chi connectivity index (χ4n) is 2.46. The summed E-state index contributed by atoms with van der Waals surface area (Å²) >= 11 is 5.72. The Labute approximate surface area is 113 Å². The summed E-state index contributed by atoms with van der Waals surface area (Å²) in [5, 5.41) is 0.0205. The molecule has 0 saturated heterocycles. The van der Waals surface area contributed by atoms with E-state index in [4.69, 9.17) is 11.6 Å².